The van der Waals surface area contributed by atoms with Gasteiger partial charge in [0.25, 0.3) is 0 Å². The molecule has 0 aliphatic carbocycles. The molecule has 3 N–H and O–H groups in total. The molecule has 0 saturated carbocycles. The van der Waals surface area contributed by atoms with E-state index >= 15 is 0 Å². The van der Waals surface area contributed by atoms with E-state index in [9.17, 15) is 0 Å². The average molecular weight is 218 g/mol. The van der Waals surface area contributed by atoms with Crippen LogP contribution in [0.1, 0.15) is 35.5 Å². The molecule has 2 saturated heterocycles. The Morgan fingerprint density at radius 1 is 1.13 bits per heavy atom. The van der Waals surface area contributed by atoms with Gasteiger partial charge in [-0.25, -0.2) is 0 Å². The predicted octanol–water partition coefficient (Wildman–Crippen LogP) is 1.48. The second-order valence-electron chi connectivity index (χ2n) is 4.85. The highest BCUT2D eigenvalue weighted by molar-refractivity contribution is 4.66. The number of aliphatic hydroxyl groups is 1. The van der Waals surface area contributed by atoms with E-state index in [1.165, 1.54) is 38.8 Å². The van der Waals surface area contributed by atoms with Crippen LogP contribution in [0.3, 0.4) is 0 Å². The topological polar surface area (TPSA) is 44.3 Å². The lowest BCUT2D eigenvalue weighted by molar-refractivity contribution is 0.199. The first-order valence-corrected chi connectivity index (χ1v) is 6.35. The molecule has 0 unspecified atom stereocenters. The van der Waals surface area contributed by atoms with Crippen molar-refractivity contribution < 1.29 is 7.96 Å². The molecule has 2 atom stereocenters. The van der Waals surface area contributed by atoms with E-state index in [0.29, 0.717) is 12.5 Å². The fraction of sp³-hybridized carbons (Fsp3) is 1.00. The van der Waals surface area contributed by atoms with Gasteiger partial charge in [0.05, 0.1) is 0 Å². The van der Waals surface area contributed by atoms with Crippen LogP contribution in [0.15, 0.2) is 0 Å². The Hall–Kier alpha value is -0.120. The quantitative estimate of drug-likeness (QED) is 0.624. The molecule has 0 aromatic heterocycles. The maximum Gasteiger partial charge on any atom is 0.0471 e. The molecule has 0 aromatic rings. The number of hydrogen-bond acceptors (Lipinski definition) is 3. The SMILES string of the molecule is C[C@H]1CCCNC1.OC[C@H]1CCCNC1.[HH].[HH]. The molecule has 2 aliphatic heterocycles. The van der Waals surface area contributed by atoms with Crippen LogP contribution in [0.2, 0.25) is 0 Å². The zero-order chi connectivity index (χ0) is 10.9. The number of piperidine rings is 2. The summed E-state index contributed by atoms with van der Waals surface area (Å²) in [5, 5.41) is 15.2. The Morgan fingerprint density at radius 3 is 2.07 bits per heavy atom. The van der Waals surface area contributed by atoms with Crippen molar-refractivity contribution in [3.8, 4) is 0 Å². The molecule has 0 aromatic carbocycles. The molecule has 0 radical (unpaired) electrons. The van der Waals surface area contributed by atoms with Crippen LogP contribution in [-0.2, 0) is 0 Å². The van der Waals surface area contributed by atoms with E-state index in [1.54, 1.807) is 0 Å². The molecule has 0 spiro atoms. The first-order valence-electron chi connectivity index (χ1n) is 6.35. The lowest BCUT2D eigenvalue weighted by Gasteiger charge is -2.19. The summed E-state index contributed by atoms with van der Waals surface area (Å²) in [5.74, 6) is 1.46. The van der Waals surface area contributed by atoms with E-state index in [2.05, 4.69) is 17.6 Å². The maximum atomic E-state index is 8.65. The van der Waals surface area contributed by atoms with Gasteiger partial charge < -0.3 is 15.7 Å². The van der Waals surface area contributed by atoms with Gasteiger partial charge in [-0.2, -0.15) is 0 Å². The Kier molecular flexibility index (Phi) is 6.98. The van der Waals surface area contributed by atoms with Crippen LogP contribution in [0.4, 0.5) is 0 Å². The summed E-state index contributed by atoms with van der Waals surface area (Å²) in [7, 11) is 0. The average Bonchev–Trinajstić information content (AvgIpc) is 2.32. The van der Waals surface area contributed by atoms with Crippen molar-refractivity contribution in [2.24, 2.45) is 11.8 Å². The van der Waals surface area contributed by atoms with Gasteiger partial charge in [0.15, 0.2) is 0 Å². The van der Waals surface area contributed by atoms with Crippen molar-refractivity contribution in [1.29, 1.82) is 0 Å². The Morgan fingerprint density at radius 2 is 1.80 bits per heavy atom. The lowest BCUT2D eigenvalue weighted by Crippen LogP contribution is -2.31. The molecule has 94 valence electrons. The smallest absolute Gasteiger partial charge is 0.0471 e. The summed E-state index contributed by atoms with van der Waals surface area (Å²) >= 11 is 0. The third-order valence-corrected chi connectivity index (χ3v) is 3.20. The highest BCUT2D eigenvalue weighted by Crippen LogP contribution is 2.07. The fourth-order valence-electron chi connectivity index (χ4n) is 2.11. The standard InChI is InChI=1S/C6H13NO.C6H13N.2H2/c8-5-6-2-1-3-7-4-6;1-6-3-2-4-7-5-6;;/h6-8H,1-5H2;6-7H,2-5H2,1H3;2*1H/t2*6-;;/m00../s1. The third-order valence-electron chi connectivity index (χ3n) is 3.20. The van der Waals surface area contributed by atoms with Crippen LogP contribution in [0.25, 0.3) is 0 Å². The Bertz CT molecular complexity index is 149. The van der Waals surface area contributed by atoms with Gasteiger partial charge in [0.2, 0.25) is 0 Å². The van der Waals surface area contributed by atoms with Gasteiger partial charge in [-0.15, -0.1) is 0 Å². The van der Waals surface area contributed by atoms with Crippen molar-refractivity contribution in [3.63, 3.8) is 0 Å². The van der Waals surface area contributed by atoms with E-state index in [-0.39, 0.29) is 2.85 Å². The van der Waals surface area contributed by atoms with Gasteiger partial charge in [0, 0.05) is 16.0 Å². The molecule has 3 heteroatoms. The molecular weight excluding hydrogens is 188 g/mol. The van der Waals surface area contributed by atoms with Crippen molar-refractivity contribution in [3.05, 3.63) is 0 Å². The second-order valence-corrected chi connectivity index (χ2v) is 4.85. The second kappa shape index (κ2) is 8.08. The Labute approximate surface area is 96.6 Å². The van der Waals surface area contributed by atoms with Gasteiger partial charge in [0.1, 0.15) is 0 Å². The largest absolute Gasteiger partial charge is 0.396 e. The normalized spacial score (nSPS) is 31.6. The summed E-state index contributed by atoms with van der Waals surface area (Å²) in [6, 6.07) is 0. The van der Waals surface area contributed by atoms with E-state index in [0.717, 1.165) is 19.0 Å². The number of hydrogen-bond donors (Lipinski definition) is 3. The molecule has 2 heterocycles. The molecule has 2 aliphatic rings. The summed E-state index contributed by atoms with van der Waals surface area (Å²) in [5.41, 5.74) is 0. The van der Waals surface area contributed by atoms with Crippen molar-refractivity contribution in [2.45, 2.75) is 32.6 Å². The summed E-state index contributed by atoms with van der Waals surface area (Å²) in [4.78, 5) is 0. The lowest BCUT2D eigenvalue weighted by atomic mass is 10.0. The van der Waals surface area contributed by atoms with Crippen molar-refractivity contribution in [2.75, 3.05) is 32.8 Å². The molecular formula is C12H30N2O. The first kappa shape index (κ1) is 12.9. The molecule has 2 fully saturated rings. The molecule has 3 nitrogen and oxygen atoms in total. The van der Waals surface area contributed by atoms with E-state index < -0.39 is 0 Å². The zero-order valence-corrected chi connectivity index (χ0v) is 9.97. The number of rotatable bonds is 1. The Balaban J connectivity index is 0. The highest BCUT2D eigenvalue weighted by atomic mass is 16.3. The number of aliphatic hydroxyl groups excluding tert-OH is 1. The maximum absolute atomic E-state index is 8.65. The molecule has 0 bridgehead atoms. The van der Waals surface area contributed by atoms with Crippen LogP contribution < -0.4 is 10.6 Å². The van der Waals surface area contributed by atoms with Crippen LogP contribution in [-0.4, -0.2) is 37.9 Å². The van der Waals surface area contributed by atoms with Crippen LogP contribution in [0.5, 0.6) is 0 Å². The minimum Gasteiger partial charge on any atom is -0.396 e. The van der Waals surface area contributed by atoms with E-state index in [4.69, 9.17) is 5.11 Å². The van der Waals surface area contributed by atoms with Gasteiger partial charge in [-0.1, -0.05) is 6.92 Å². The summed E-state index contributed by atoms with van der Waals surface area (Å²) in [6.07, 6.45) is 5.23. The van der Waals surface area contributed by atoms with Crippen molar-refractivity contribution in [1.82, 2.24) is 10.6 Å². The predicted molar refractivity (Wildman–Crippen MR) is 68.2 cm³/mol. The van der Waals surface area contributed by atoms with Crippen LogP contribution in [0, 0.1) is 11.8 Å². The third kappa shape index (κ3) is 6.13. The monoisotopic (exact) mass is 218 g/mol. The summed E-state index contributed by atoms with van der Waals surface area (Å²) in [6.45, 7) is 7.27. The highest BCUT2D eigenvalue weighted by Gasteiger charge is 2.09. The molecule has 2 rings (SSSR count). The first-order chi connectivity index (χ1) is 7.33. The van der Waals surface area contributed by atoms with Gasteiger partial charge in [-0.05, 0) is 57.2 Å². The van der Waals surface area contributed by atoms with Crippen LogP contribution >= 0.6 is 0 Å². The fourth-order valence-corrected chi connectivity index (χ4v) is 2.11. The van der Waals surface area contributed by atoms with Crippen molar-refractivity contribution >= 4 is 0 Å². The number of nitrogens with one attached hydrogen (secondary N) is 2. The minimum absolute atomic E-state index is 0. The summed E-state index contributed by atoms with van der Waals surface area (Å²) < 4.78 is 0. The minimum atomic E-state index is 0. The molecule has 0 amide bonds. The zero-order valence-electron chi connectivity index (χ0n) is 9.97. The van der Waals surface area contributed by atoms with Gasteiger partial charge in [-0.3, -0.25) is 0 Å². The molecule has 15 heavy (non-hydrogen) atoms. The van der Waals surface area contributed by atoms with E-state index in [1.807, 2.05) is 0 Å². The van der Waals surface area contributed by atoms with Gasteiger partial charge >= 0.3 is 0 Å².